The Morgan fingerprint density at radius 3 is 2.59 bits per heavy atom. The Morgan fingerprint density at radius 1 is 1.30 bits per heavy atom. The number of rotatable bonds is 7. The van der Waals surface area contributed by atoms with Crippen LogP contribution in [0, 0.1) is 0 Å². The summed E-state index contributed by atoms with van der Waals surface area (Å²) in [7, 11) is 1.52. The number of thioether (sulfide) groups is 1. The number of carbonyl (C=O) groups is 3. The van der Waals surface area contributed by atoms with E-state index in [2.05, 4.69) is 15.9 Å². The molecule has 9 heteroatoms. The van der Waals surface area contributed by atoms with Gasteiger partial charge in [0, 0.05) is 0 Å². The fraction of sp³-hybridized carbons (Fsp3) is 0.389. The molecule has 0 aliphatic carbocycles. The summed E-state index contributed by atoms with van der Waals surface area (Å²) in [5.74, 6) is -0.0983. The Morgan fingerprint density at radius 2 is 2.00 bits per heavy atom. The van der Waals surface area contributed by atoms with Crippen LogP contribution in [0.5, 0.6) is 11.5 Å². The minimum absolute atomic E-state index is 0.176. The summed E-state index contributed by atoms with van der Waals surface area (Å²) in [6, 6.07) is 2.49. The van der Waals surface area contributed by atoms with Gasteiger partial charge in [0.05, 0.1) is 29.7 Å². The van der Waals surface area contributed by atoms with Crippen LogP contribution in [0.3, 0.4) is 0 Å². The number of ether oxygens (including phenoxy) is 3. The summed E-state index contributed by atoms with van der Waals surface area (Å²) in [6.45, 7) is 5.64. The van der Waals surface area contributed by atoms with Gasteiger partial charge in [0.25, 0.3) is 11.1 Å². The monoisotopic (exact) mass is 457 g/mol. The molecule has 0 radical (unpaired) electrons. The molecule has 146 valence electrons. The minimum Gasteiger partial charge on any atom is -0.493 e. The molecule has 0 saturated carbocycles. The molecule has 2 rings (SSSR count). The van der Waals surface area contributed by atoms with Crippen molar-refractivity contribution in [2.24, 2.45) is 0 Å². The molecule has 2 amide bonds. The number of hydrogen-bond donors (Lipinski definition) is 0. The lowest BCUT2D eigenvalue weighted by Gasteiger charge is -2.19. The molecule has 1 fully saturated rings. The smallest absolute Gasteiger partial charge is 0.329 e. The van der Waals surface area contributed by atoms with Crippen molar-refractivity contribution in [3.05, 3.63) is 27.1 Å². The molecule has 1 saturated heterocycles. The van der Waals surface area contributed by atoms with Gasteiger partial charge in [-0.3, -0.25) is 14.5 Å². The third-order valence-corrected chi connectivity index (χ3v) is 5.15. The zero-order chi connectivity index (χ0) is 20.1. The molecule has 1 aromatic rings. The maximum Gasteiger partial charge on any atom is 0.329 e. The van der Waals surface area contributed by atoms with Crippen molar-refractivity contribution < 1.29 is 28.6 Å². The molecule has 27 heavy (non-hydrogen) atoms. The molecule has 1 atom stereocenters. The number of amides is 2. The normalized spacial score (nSPS) is 16.6. The topological polar surface area (TPSA) is 82.1 Å². The van der Waals surface area contributed by atoms with Crippen molar-refractivity contribution in [1.29, 1.82) is 0 Å². The first-order valence-corrected chi connectivity index (χ1v) is 9.88. The molecule has 1 aliphatic heterocycles. The average Bonchev–Trinajstić information content (AvgIpc) is 2.90. The standard InChI is InChI=1S/C18H20BrNO6S/c1-5-25-15-12(19)7-11(8-13(15)24-4)9-14-16(21)20(18(23)27-14)10(3)17(22)26-6-2/h7-10H,5-6H2,1-4H3/b14-9+/t10-/m0/s1. The number of imide groups is 1. The number of hydrogen-bond acceptors (Lipinski definition) is 7. The third-order valence-electron chi connectivity index (χ3n) is 3.68. The molecule has 0 spiro atoms. The summed E-state index contributed by atoms with van der Waals surface area (Å²) in [5.41, 5.74) is 0.650. The SMILES string of the molecule is CCOC(=O)[C@H](C)N1C(=O)S/C(=C/c2cc(Br)c(OCC)c(OC)c2)C1=O. The van der Waals surface area contributed by atoms with Crippen LogP contribution < -0.4 is 9.47 Å². The van der Waals surface area contributed by atoms with Gasteiger partial charge in [0.15, 0.2) is 11.5 Å². The molecule has 1 aromatic carbocycles. The van der Waals surface area contributed by atoms with Crippen LogP contribution >= 0.6 is 27.7 Å². The van der Waals surface area contributed by atoms with Crippen LogP contribution in [-0.2, 0) is 14.3 Å². The van der Waals surface area contributed by atoms with Gasteiger partial charge in [-0.05, 0) is 72.2 Å². The van der Waals surface area contributed by atoms with Gasteiger partial charge in [-0.2, -0.15) is 0 Å². The summed E-state index contributed by atoms with van der Waals surface area (Å²) < 4.78 is 16.4. The van der Waals surface area contributed by atoms with Crippen molar-refractivity contribution in [1.82, 2.24) is 4.90 Å². The van der Waals surface area contributed by atoms with Crippen LogP contribution in [-0.4, -0.2) is 48.4 Å². The predicted octanol–water partition coefficient (Wildman–Crippen LogP) is 3.84. The number of carbonyl (C=O) groups excluding carboxylic acids is 3. The lowest BCUT2D eigenvalue weighted by Crippen LogP contribution is -2.42. The fourth-order valence-electron chi connectivity index (χ4n) is 2.44. The quantitative estimate of drug-likeness (QED) is 0.454. The van der Waals surface area contributed by atoms with Gasteiger partial charge in [0.2, 0.25) is 0 Å². The van der Waals surface area contributed by atoms with Gasteiger partial charge in [0.1, 0.15) is 6.04 Å². The Balaban J connectivity index is 2.32. The van der Waals surface area contributed by atoms with Crippen LogP contribution in [0.1, 0.15) is 26.3 Å². The highest BCUT2D eigenvalue weighted by Crippen LogP contribution is 2.39. The van der Waals surface area contributed by atoms with Gasteiger partial charge >= 0.3 is 5.97 Å². The highest BCUT2D eigenvalue weighted by molar-refractivity contribution is 9.10. The Kier molecular flexibility index (Phi) is 7.32. The van der Waals surface area contributed by atoms with E-state index in [0.29, 0.717) is 28.1 Å². The van der Waals surface area contributed by atoms with Gasteiger partial charge < -0.3 is 14.2 Å². The summed E-state index contributed by atoms with van der Waals surface area (Å²) in [6.07, 6.45) is 1.58. The van der Waals surface area contributed by atoms with Crippen molar-refractivity contribution in [3.63, 3.8) is 0 Å². The van der Waals surface area contributed by atoms with Crippen molar-refractivity contribution in [3.8, 4) is 11.5 Å². The van der Waals surface area contributed by atoms with Gasteiger partial charge in [-0.1, -0.05) is 0 Å². The molecule has 1 heterocycles. The maximum absolute atomic E-state index is 12.6. The molecule has 1 aliphatic rings. The summed E-state index contributed by atoms with van der Waals surface area (Å²) >= 11 is 4.20. The van der Waals surface area contributed by atoms with E-state index >= 15 is 0 Å². The van der Waals surface area contributed by atoms with E-state index in [1.54, 1.807) is 25.1 Å². The lowest BCUT2D eigenvalue weighted by molar-refractivity contribution is -0.150. The average molecular weight is 458 g/mol. The van der Waals surface area contributed by atoms with Crippen LogP contribution in [0.4, 0.5) is 4.79 Å². The van der Waals surface area contributed by atoms with Gasteiger partial charge in [-0.15, -0.1) is 0 Å². The lowest BCUT2D eigenvalue weighted by atomic mass is 10.1. The summed E-state index contributed by atoms with van der Waals surface area (Å²) in [4.78, 5) is 37.9. The van der Waals surface area contributed by atoms with Crippen LogP contribution in [0.25, 0.3) is 6.08 Å². The highest BCUT2D eigenvalue weighted by atomic mass is 79.9. The van der Waals surface area contributed by atoms with Crippen LogP contribution in [0.15, 0.2) is 21.5 Å². The largest absolute Gasteiger partial charge is 0.493 e. The predicted molar refractivity (Wildman–Crippen MR) is 106 cm³/mol. The second-order valence-corrected chi connectivity index (χ2v) is 7.29. The minimum atomic E-state index is -0.982. The van der Waals surface area contributed by atoms with Gasteiger partial charge in [-0.25, -0.2) is 4.79 Å². The molecule has 7 nitrogen and oxygen atoms in total. The van der Waals surface area contributed by atoms with Crippen molar-refractivity contribution in [2.75, 3.05) is 20.3 Å². The highest BCUT2D eigenvalue weighted by Gasteiger charge is 2.41. The Hall–Kier alpha value is -2.00. The maximum atomic E-state index is 12.6. The van der Waals surface area contributed by atoms with Crippen molar-refractivity contribution >= 4 is 50.9 Å². The Bertz CT molecular complexity index is 794. The van der Waals surface area contributed by atoms with E-state index in [-0.39, 0.29) is 11.5 Å². The molecular weight excluding hydrogens is 438 g/mol. The molecule has 0 unspecified atom stereocenters. The number of benzene rings is 1. The van der Waals surface area contributed by atoms with Crippen LogP contribution in [0.2, 0.25) is 0 Å². The van der Waals surface area contributed by atoms with E-state index in [0.717, 1.165) is 16.7 Å². The third kappa shape index (κ3) is 4.65. The van der Waals surface area contributed by atoms with E-state index in [1.165, 1.54) is 14.0 Å². The zero-order valence-corrected chi connectivity index (χ0v) is 17.8. The number of nitrogens with zero attached hydrogens (tertiary/aromatic N) is 1. The fourth-order valence-corrected chi connectivity index (χ4v) is 3.92. The van der Waals surface area contributed by atoms with E-state index in [9.17, 15) is 14.4 Å². The second-order valence-electron chi connectivity index (χ2n) is 5.45. The Labute approximate surface area is 170 Å². The van der Waals surface area contributed by atoms with Crippen molar-refractivity contribution in [2.45, 2.75) is 26.8 Å². The van der Waals surface area contributed by atoms with E-state index in [1.807, 2.05) is 6.92 Å². The number of methoxy groups -OCH3 is 1. The van der Waals surface area contributed by atoms with E-state index < -0.39 is 23.2 Å². The first-order valence-electron chi connectivity index (χ1n) is 8.28. The zero-order valence-electron chi connectivity index (χ0n) is 15.4. The molecule has 0 bridgehead atoms. The number of esters is 1. The number of halogens is 1. The first kappa shape index (κ1) is 21.3. The van der Waals surface area contributed by atoms with E-state index in [4.69, 9.17) is 14.2 Å². The summed E-state index contributed by atoms with van der Waals surface area (Å²) in [5, 5.41) is -0.510. The molecule has 0 aromatic heterocycles. The molecule has 0 N–H and O–H groups in total. The second kappa shape index (κ2) is 9.27. The molecular formula is C18H20BrNO6S. The first-order chi connectivity index (χ1) is 12.8.